The molecule has 1 aromatic heterocycles. The second kappa shape index (κ2) is 6.26. The summed E-state index contributed by atoms with van der Waals surface area (Å²) < 4.78 is 10.2. The quantitative estimate of drug-likeness (QED) is 0.876. The lowest BCUT2D eigenvalue weighted by Crippen LogP contribution is -2.16. The molecule has 1 aromatic carbocycles. The topological polar surface area (TPSA) is 68.5 Å². The second-order valence-electron chi connectivity index (χ2n) is 4.57. The van der Waals surface area contributed by atoms with E-state index in [1.165, 1.54) is 6.26 Å². The summed E-state index contributed by atoms with van der Waals surface area (Å²) in [7, 11) is 0. The van der Waals surface area contributed by atoms with Gasteiger partial charge in [-0.3, -0.25) is 4.79 Å². The maximum Gasteiger partial charge on any atom is 0.340 e. The maximum atomic E-state index is 12.3. The van der Waals surface area contributed by atoms with E-state index in [4.69, 9.17) is 9.15 Å². The fourth-order valence-electron chi connectivity index (χ4n) is 2.08. The van der Waals surface area contributed by atoms with Gasteiger partial charge in [0.05, 0.1) is 29.7 Å². The average molecular weight is 287 g/mol. The van der Waals surface area contributed by atoms with Gasteiger partial charge in [-0.2, -0.15) is 0 Å². The first kappa shape index (κ1) is 14.8. The molecule has 0 saturated carbocycles. The third-order valence-electron chi connectivity index (χ3n) is 3.06. The van der Waals surface area contributed by atoms with Crippen molar-refractivity contribution in [1.29, 1.82) is 0 Å². The highest BCUT2D eigenvalue weighted by Crippen LogP contribution is 2.20. The summed E-state index contributed by atoms with van der Waals surface area (Å²) in [6.45, 7) is 5.53. The Kier molecular flexibility index (Phi) is 4.42. The van der Waals surface area contributed by atoms with Crippen molar-refractivity contribution < 1.29 is 18.7 Å². The Morgan fingerprint density at radius 2 is 1.95 bits per heavy atom. The largest absolute Gasteiger partial charge is 0.469 e. The van der Waals surface area contributed by atoms with Crippen molar-refractivity contribution in [1.82, 2.24) is 0 Å². The number of carbonyl (C=O) groups is 2. The highest BCUT2D eigenvalue weighted by atomic mass is 16.5. The number of esters is 1. The van der Waals surface area contributed by atoms with Crippen molar-refractivity contribution in [3.63, 3.8) is 0 Å². The predicted octanol–water partition coefficient (Wildman–Crippen LogP) is 3.33. The van der Waals surface area contributed by atoms with Crippen molar-refractivity contribution >= 4 is 17.6 Å². The van der Waals surface area contributed by atoms with E-state index in [0.29, 0.717) is 22.6 Å². The smallest absolute Gasteiger partial charge is 0.340 e. The summed E-state index contributed by atoms with van der Waals surface area (Å²) in [5, 5.41) is 2.73. The van der Waals surface area contributed by atoms with Crippen LogP contribution in [0.3, 0.4) is 0 Å². The van der Waals surface area contributed by atoms with E-state index in [1.54, 1.807) is 45.0 Å². The Balaban J connectivity index is 2.28. The van der Waals surface area contributed by atoms with Gasteiger partial charge >= 0.3 is 5.97 Å². The minimum Gasteiger partial charge on any atom is -0.469 e. The van der Waals surface area contributed by atoms with Crippen LogP contribution >= 0.6 is 0 Å². The second-order valence-corrected chi connectivity index (χ2v) is 4.57. The van der Waals surface area contributed by atoms with Crippen LogP contribution in [-0.2, 0) is 4.74 Å². The summed E-state index contributed by atoms with van der Waals surface area (Å²) in [5.74, 6) is -0.233. The van der Waals surface area contributed by atoms with Crippen LogP contribution in [0.5, 0.6) is 0 Å². The van der Waals surface area contributed by atoms with Gasteiger partial charge in [-0.05, 0) is 32.9 Å². The number of nitrogens with one attached hydrogen (secondary N) is 1. The summed E-state index contributed by atoms with van der Waals surface area (Å²) in [6.07, 6.45) is 1.53. The van der Waals surface area contributed by atoms with Gasteiger partial charge in [-0.15, -0.1) is 0 Å². The molecule has 2 aromatic rings. The number of aryl methyl sites for hydroxylation is 2. The number of amides is 1. The highest BCUT2D eigenvalue weighted by molar-refractivity contribution is 6.09. The number of benzene rings is 1. The molecule has 0 radical (unpaired) electrons. The van der Waals surface area contributed by atoms with Gasteiger partial charge in [0, 0.05) is 5.56 Å². The van der Waals surface area contributed by atoms with Gasteiger partial charge < -0.3 is 14.5 Å². The van der Waals surface area contributed by atoms with Crippen LogP contribution in [0.15, 0.2) is 34.9 Å². The van der Waals surface area contributed by atoms with Crippen LogP contribution in [0.2, 0.25) is 0 Å². The molecule has 2 rings (SSSR count). The molecule has 5 heteroatoms. The van der Waals surface area contributed by atoms with Crippen molar-refractivity contribution in [3.05, 3.63) is 53.0 Å². The molecule has 0 fully saturated rings. The molecule has 1 N–H and O–H groups in total. The number of furan rings is 1. The Morgan fingerprint density at radius 3 is 2.57 bits per heavy atom. The van der Waals surface area contributed by atoms with Crippen LogP contribution in [0, 0.1) is 13.8 Å². The number of para-hydroxylation sites is 1. The molecule has 0 aliphatic rings. The number of hydrogen-bond acceptors (Lipinski definition) is 4. The number of carbonyl (C=O) groups excluding carboxylic acids is 2. The normalized spacial score (nSPS) is 10.2. The number of rotatable bonds is 4. The van der Waals surface area contributed by atoms with Gasteiger partial charge in [0.15, 0.2) is 0 Å². The standard InChI is InChI=1S/C16H17NO4/c1-4-20-16(19)12-7-5-6-8-13(12)17-15(18)14-10(2)9-21-11(14)3/h5-9H,4H2,1-3H3,(H,17,18). The van der Waals surface area contributed by atoms with E-state index in [2.05, 4.69) is 5.32 Å². The summed E-state index contributed by atoms with van der Waals surface area (Å²) >= 11 is 0. The van der Waals surface area contributed by atoms with Crippen LogP contribution in [-0.4, -0.2) is 18.5 Å². The van der Waals surface area contributed by atoms with Crippen molar-refractivity contribution in [2.75, 3.05) is 11.9 Å². The molecule has 0 saturated heterocycles. The Bertz CT molecular complexity index is 653. The summed E-state index contributed by atoms with van der Waals surface area (Å²) in [4.78, 5) is 24.2. The van der Waals surface area contributed by atoms with Gasteiger partial charge in [-0.25, -0.2) is 4.79 Å². The molecule has 0 atom stereocenters. The lowest BCUT2D eigenvalue weighted by Gasteiger charge is -2.10. The minimum absolute atomic E-state index is 0.279. The maximum absolute atomic E-state index is 12.3. The number of hydrogen-bond donors (Lipinski definition) is 1. The van der Waals surface area contributed by atoms with E-state index in [-0.39, 0.29) is 12.5 Å². The Labute approximate surface area is 122 Å². The first-order valence-electron chi connectivity index (χ1n) is 6.66. The van der Waals surface area contributed by atoms with Crippen molar-refractivity contribution in [3.8, 4) is 0 Å². The molecule has 110 valence electrons. The van der Waals surface area contributed by atoms with Crippen molar-refractivity contribution in [2.24, 2.45) is 0 Å². The van der Waals surface area contributed by atoms with E-state index in [0.717, 1.165) is 5.56 Å². The molecular formula is C16H17NO4. The van der Waals surface area contributed by atoms with Crippen LogP contribution < -0.4 is 5.32 Å². The lowest BCUT2D eigenvalue weighted by molar-refractivity contribution is 0.0527. The number of ether oxygens (including phenoxy) is 1. The zero-order valence-electron chi connectivity index (χ0n) is 12.2. The Morgan fingerprint density at radius 1 is 1.24 bits per heavy atom. The molecule has 0 aliphatic heterocycles. The summed E-state index contributed by atoms with van der Waals surface area (Å²) in [5.41, 5.74) is 1.97. The first-order chi connectivity index (χ1) is 10.0. The summed E-state index contributed by atoms with van der Waals surface area (Å²) in [6, 6.07) is 6.74. The van der Waals surface area contributed by atoms with Crippen LogP contribution in [0.4, 0.5) is 5.69 Å². The van der Waals surface area contributed by atoms with Crippen LogP contribution in [0.1, 0.15) is 39.0 Å². The molecule has 1 heterocycles. The van der Waals surface area contributed by atoms with Crippen molar-refractivity contribution in [2.45, 2.75) is 20.8 Å². The fraction of sp³-hybridized carbons (Fsp3) is 0.250. The first-order valence-corrected chi connectivity index (χ1v) is 6.66. The van der Waals surface area contributed by atoms with Gasteiger partial charge in [-0.1, -0.05) is 12.1 Å². The predicted molar refractivity (Wildman–Crippen MR) is 78.5 cm³/mol. The third kappa shape index (κ3) is 3.13. The van der Waals surface area contributed by atoms with E-state index in [9.17, 15) is 9.59 Å². The SMILES string of the molecule is CCOC(=O)c1ccccc1NC(=O)c1c(C)coc1C. The minimum atomic E-state index is -0.464. The molecule has 1 amide bonds. The van der Waals surface area contributed by atoms with Gasteiger partial charge in [0.25, 0.3) is 5.91 Å². The average Bonchev–Trinajstić information content (AvgIpc) is 2.79. The zero-order chi connectivity index (χ0) is 15.4. The third-order valence-corrected chi connectivity index (χ3v) is 3.06. The van der Waals surface area contributed by atoms with Crippen LogP contribution in [0.25, 0.3) is 0 Å². The molecule has 21 heavy (non-hydrogen) atoms. The molecule has 5 nitrogen and oxygen atoms in total. The molecule has 0 bridgehead atoms. The monoisotopic (exact) mass is 287 g/mol. The Hall–Kier alpha value is -2.56. The van der Waals surface area contributed by atoms with Gasteiger partial charge in [0.2, 0.25) is 0 Å². The number of anilines is 1. The highest BCUT2D eigenvalue weighted by Gasteiger charge is 2.19. The molecule has 0 unspecified atom stereocenters. The lowest BCUT2D eigenvalue weighted by atomic mass is 10.1. The van der Waals surface area contributed by atoms with E-state index >= 15 is 0 Å². The van der Waals surface area contributed by atoms with E-state index < -0.39 is 5.97 Å². The molecular weight excluding hydrogens is 270 g/mol. The van der Waals surface area contributed by atoms with Gasteiger partial charge in [0.1, 0.15) is 5.76 Å². The zero-order valence-corrected chi connectivity index (χ0v) is 12.2. The fourth-order valence-corrected chi connectivity index (χ4v) is 2.08. The molecule has 0 aliphatic carbocycles. The van der Waals surface area contributed by atoms with E-state index in [1.807, 2.05) is 0 Å². The molecule has 0 spiro atoms.